The molecule has 5 nitrogen and oxygen atoms in total. The van der Waals surface area contributed by atoms with E-state index in [4.69, 9.17) is 16.6 Å². The van der Waals surface area contributed by atoms with Gasteiger partial charge in [0, 0.05) is 0 Å². The Labute approximate surface area is 52.0 Å². The van der Waals surface area contributed by atoms with Crippen LogP contribution in [0.1, 0.15) is 0 Å². The summed E-state index contributed by atoms with van der Waals surface area (Å²) in [5, 5.41) is 12.4. The summed E-state index contributed by atoms with van der Waals surface area (Å²) in [7, 11) is 0. The van der Waals surface area contributed by atoms with Crippen molar-refractivity contribution in [3.63, 3.8) is 0 Å². The first-order chi connectivity index (χ1) is 4.10. The first-order valence-electron chi connectivity index (χ1n) is 2.41. The van der Waals surface area contributed by atoms with Crippen LogP contribution in [0.15, 0.2) is 17.3 Å². The molecule has 0 aromatic heterocycles. The Morgan fingerprint density at radius 2 is 2.44 bits per heavy atom. The number of hydrazone groups is 1. The Balaban J connectivity index is 2.70. The van der Waals surface area contributed by atoms with Gasteiger partial charge in [0.25, 0.3) is 0 Å². The van der Waals surface area contributed by atoms with Crippen LogP contribution in [0.2, 0.25) is 0 Å². The van der Waals surface area contributed by atoms with Crippen LogP contribution in [0, 0.1) is 0 Å². The van der Waals surface area contributed by atoms with Gasteiger partial charge in [-0.1, -0.05) is 0 Å². The molecule has 0 saturated heterocycles. The number of nitrogens with zero attached hydrogens (tertiary/aromatic N) is 1. The Morgan fingerprint density at radius 3 is 2.78 bits per heavy atom. The van der Waals surface area contributed by atoms with Gasteiger partial charge in [0.1, 0.15) is 5.84 Å². The highest BCUT2D eigenvalue weighted by Crippen LogP contribution is 1.95. The second-order valence-corrected chi connectivity index (χ2v) is 1.81. The zero-order valence-electron chi connectivity index (χ0n) is 4.70. The van der Waals surface area contributed by atoms with E-state index < -0.39 is 5.85 Å². The molecule has 0 aliphatic carbocycles. The maximum Gasteiger partial charge on any atom is 0.226 e. The molecular formula is C4H8N4O. The first kappa shape index (κ1) is 6.06. The van der Waals surface area contributed by atoms with Crippen molar-refractivity contribution in [2.75, 3.05) is 0 Å². The van der Waals surface area contributed by atoms with Gasteiger partial charge in [0.05, 0.1) is 0 Å². The smallest absolute Gasteiger partial charge is 0.226 e. The van der Waals surface area contributed by atoms with Gasteiger partial charge in [-0.25, -0.2) is 0 Å². The van der Waals surface area contributed by atoms with E-state index in [0.717, 1.165) is 0 Å². The molecule has 0 radical (unpaired) electrons. The molecule has 1 heterocycles. The van der Waals surface area contributed by atoms with Crippen molar-refractivity contribution in [3.05, 3.63) is 12.2 Å². The van der Waals surface area contributed by atoms with Crippen LogP contribution >= 0.6 is 0 Å². The summed E-state index contributed by atoms with van der Waals surface area (Å²) in [5.74, 6) is -1.24. The molecule has 0 saturated carbocycles. The third-order valence-corrected chi connectivity index (χ3v) is 0.872. The van der Waals surface area contributed by atoms with Crippen LogP contribution in [0.3, 0.4) is 0 Å². The molecule has 1 aliphatic rings. The molecule has 0 bridgehead atoms. The molecule has 0 aromatic carbocycles. The van der Waals surface area contributed by atoms with Gasteiger partial charge in [-0.2, -0.15) is 5.10 Å². The zero-order valence-corrected chi connectivity index (χ0v) is 4.70. The topological polar surface area (TPSA) is 96.7 Å². The summed E-state index contributed by atoms with van der Waals surface area (Å²) in [6, 6.07) is 0. The van der Waals surface area contributed by atoms with Crippen molar-refractivity contribution < 1.29 is 5.11 Å². The summed E-state index contributed by atoms with van der Waals surface area (Å²) in [5.41, 5.74) is 12.5. The van der Waals surface area contributed by atoms with Gasteiger partial charge in [-0.15, -0.1) is 0 Å². The highest BCUT2D eigenvalue weighted by Gasteiger charge is 2.17. The molecule has 0 spiro atoms. The van der Waals surface area contributed by atoms with Gasteiger partial charge >= 0.3 is 0 Å². The SMILES string of the molecule is NC1=NNC(N)(O)C=C1. The third kappa shape index (κ3) is 1.41. The fourth-order valence-electron chi connectivity index (χ4n) is 0.441. The lowest BCUT2D eigenvalue weighted by Crippen LogP contribution is -2.51. The lowest BCUT2D eigenvalue weighted by atomic mass is 10.3. The Bertz CT molecular complexity index is 171. The van der Waals surface area contributed by atoms with Crippen LogP contribution in [0.4, 0.5) is 0 Å². The molecule has 9 heavy (non-hydrogen) atoms. The predicted octanol–water partition coefficient (Wildman–Crippen LogP) is -1.98. The molecule has 1 aliphatic heterocycles. The minimum Gasteiger partial charge on any atom is -0.382 e. The summed E-state index contributed by atoms with van der Waals surface area (Å²) in [6.45, 7) is 0. The largest absolute Gasteiger partial charge is 0.382 e. The van der Waals surface area contributed by atoms with E-state index in [1.165, 1.54) is 12.2 Å². The fraction of sp³-hybridized carbons (Fsp3) is 0.250. The Morgan fingerprint density at radius 1 is 1.78 bits per heavy atom. The molecule has 0 amide bonds. The molecule has 50 valence electrons. The molecule has 1 atom stereocenters. The van der Waals surface area contributed by atoms with Crippen LogP contribution in [0.5, 0.6) is 0 Å². The van der Waals surface area contributed by atoms with E-state index in [9.17, 15) is 0 Å². The zero-order chi connectivity index (χ0) is 6.91. The number of rotatable bonds is 0. The van der Waals surface area contributed by atoms with Crippen LogP contribution in [-0.4, -0.2) is 16.8 Å². The van der Waals surface area contributed by atoms with Crippen molar-refractivity contribution in [2.45, 2.75) is 5.85 Å². The molecule has 5 heteroatoms. The molecule has 1 unspecified atom stereocenters. The second kappa shape index (κ2) is 1.71. The summed E-state index contributed by atoms with van der Waals surface area (Å²) in [4.78, 5) is 0. The standard InChI is InChI=1S/C4H8N4O/c5-3-1-2-4(6,9)8-7-3/h1-2,8-9H,6H2,(H2,5,7). The maximum absolute atomic E-state index is 8.91. The van der Waals surface area contributed by atoms with E-state index in [2.05, 4.69) is 10.5 Å². The lowest BCUT2D eigenvalue weighted by molar-refractivity contribution is 0.0610. The van der Waals surface area contributed by atoms with E-state index in [0.29, 0.717) is 5.84 Å². The second-order valence-electron chi connectivity index (χ2n) is 1.81. The molecule has 0 fully saturated rings. The maximum atomic E-state index is 8.91. The number of amidine groups is 1. The number of hydrogen-bond acceptors (Lipinski definition) is 5. The fourth-order valence-corrected chi connectivity index (χ4v) is 0.441. The molecule has 0 aromatic rings. The first-order valence-corrected chi connectivity index (χ1v) is 2.41. The average molecular weight is 128 g/mol. The van der Waals surface area contributed by atoms with Gasteiger partial charge in [0.2, 0.25) is 5.85 Å². The van der Waals surface area contributed by atoms with Gasteiger partial charge in [-0.05, 0) is 12.2 Å². The van der Waals surface area contributed by atoms with Crippen LogP contribution in [0.25, 0.3) is 0 Å². The van der Waals surface area contributed by atoms with Crippen LogP contribution in [-0.2, 0) is 0 Å². The summed E-state index contributed by atoms with van der Waals surface area (Å²) >= 11 is 0. The quantitative estimate of drug-likeness (QED) is 0.284. The molecule has 6 N–H and O–H groups in total. The van der Waals surface area contributed by atoms with Crippen molar-refractivity contribution >= 4 is 5.84 Å². The highest BCUT2D eigenvalue weighted by molar-refractivity contribution is 5.91. The minimum absolute atomic E-state index is 0.296. The van der Waals surface area contributed by atoms with E-state index in [1.807, 2.05) is 0 Å². The number of nitrogens with two attached hydrogens (primary N) is 2. The normalized spacial score (nSPS) is 33.3. The average Bonchev–Trinajstić information content (AvgIpc) is 1.78. The van der Waals surface area contributed by atoms with Crippen molar-refractivity contribution in [1.29, 1.82) is 0 Å². The predicted molar refractivity (Wildman–Crippen MR) is 33.0 cm³/mol. The number of nitrogens with one attached hydrogen (secondary N) is 1. The van der Waals surface area contributed by atoms with Gasteiger partial charge < -0.3 is 10.8 Å². The summed E-state index contributed by atoms with van der Waals surface area (Å²) in [6.07, 6.45) is 2.74. The van der Waals surface area contributed by atoms with E-state index in [1.54, 1.807) is 0 Å². The molecular weight excluding hydrogens is 120 g/mol. The van der Waals surface area contributed by atoms with Crippen molar-refractivity contribution in [2.24, 2.45) is 16.6 Å². The molecule has 1 rings (SSSR count). The highest BCUT2D eigenvalue weighted by atomic mass is 16.3. The van der Waals surface area contributed by atoms with Gasteiger partial charge in [0.15, 0.2) is 0 Å². The third-order valence-electron chi connectivity index (χ3n) is 0.872. The monoisotopic (exact) mass is 128 g/mol. The lowest BCUT2D eigenvalue weighted by Gasteiger charge is -2.20. The summed E-state index contributed by atoms with van der Waals surface area (Å²) < 4.78 is 0. The Kier molecular flexibility index (Phi) is 1.15. The van der Waals surface area contributed by atoms with Crippen molar-refractivity contribution in [1.82, 2.24) is 5.43 Å². The van der Waals surface area contributed by atoms with Crippen molar-refractivity contribution in [3.8, 4) is 0 Å². The number of aliphatic hydroxyl groups is 1. The van der Waals surface area contributed by atoms with E-state index in [-0.39, 0.29) is 0 Å². The van der Waals surface area contributed by atoms with Gasteiger partial charge in [-0.3, -0.25) is 11.2 Å². The number of hydrogen-bond donors (Lipinski definition) is 4. The van der Waals surface area contributed by atoms with Crippen LogP contribution < -0.4 is 16.9 Å². The minimum atomic E-state index is -1.54. The van der Waals surface area contributed by atoms with E-state index >= 15 is 0 Å². The Hall–Kier alpha value is -1.07.